The van der Waals surface area contributed by atoms with E-state index >= 15 is 0 Å². The Bertz CT molecular complexity index is 146. The van der Waals surface area contributed by atoms with E-state index in [1.807, 2.05) is 30.3 Å². The Morgan fingerprint density at radius 3 is 1.50 bits per heavy atom. The third-order valence-corrected chi connectivity index (χ3v) is 0.800. The molecular formula is C6H9BHgO2. The van der Waals surface area contributed by atoms with Gasteiger partial charge in [0, 0.05) is 27.7 Å². The van der Waals surface area contributed by atoms with E-state index in [1.165, 1.54) is 0 Å². The van der Waals surface area contributed by atoms with Crippen molar-refractivity contribution in [3.63, 3.8) is 0 Å². The zero-order valence-electron chi connectivity index (χ0n) is 5.67. The standard InChI is InChI=1S/C6H5B.Hg.2H2O/c7-6-4-2-1-3-5-6;;;/h1-5H;;2*1H2. The predicted octanol–water partition coefficient (Wildman–Crippen LogP) is -1.17. The van der Waals surface area contributed by atoms with Crippen LogP contribution in [-0.2, 0) is 27.7 Å². The third kappa shape index (κ3) is 6.26. The molecule has 0 amide bonds. The van der Waals surface area contributed by atoms with E-state index in [9.17, 15) is 0 Å². The van der Waals surface area contributed by atoms with Gasteiger partial charge in [0.05, 0.1) is 0 Å². The van der Waals surface area contributed by atoms with Gasteiger partial charge in [-0.2, -0.15) is 0 Å². The summed E-state index contributed by atoms with van der Waals surface area (Å²) in [5, 5.41) is 0. The SMILES string of the molecule is O.O.[B]c1ccccc1.[Hg]. The summed E-state index contributed by atoms with van der Waals surface area (Å²) in [7, 11) is 5.36. The van der Waals surface area contributed by atoms with Gasteiger partial charge in [-0.3, -0.25) is 0 Å². The maximum absolute atomic E-state index is 5.36. The number of benzene rings is 1. The fraction of sp³-hybridized carbons (Fsp3) is 0. The Kier molecular flexibility index (Phi) is 15.2. The first-order valence-electron chi connectivity index (χ1n) is 2.20. The van der Waals surface area contributed by atoms with E-state index in [0.717, 1.165) is 5.46 Å². The minimum atomic E-state index is 0. The van der Waals surface area contributed by atoms with Crippen molar-refractivity contribution >= 4 is 13.3 Å². The quantitative estimate of drug-likeness (QED) is 0.540. The summed E-state index contributed by atoms with van der Waals surface area (Å²) < 4.78 is 0. The van der Waals surface area contributed by atoms with Crippen molar-refractivity contribution in [1.82, 2.24) is 0 Å². The molecule has 0 spiro atoms. The Morgan fingerprint density at radius 2 is 1.30 bits per heavy atom. The van der Waals surface area contributed by atoms with Gasteiger partial charge in [-0.25, -0.2) is 0 Å². The van der Waals surface area contributed by atoms with Gasteiger partial charge in [0.2, 0.25) is 0 Å². The van der Waals surface area contributed by atoms with Crippen LogP contribution in [0.3, 0.4) is 0 Å². The molecule has 1 aromatic carbocycles. The molecule has 0 atom stereocenters. The van der Waals surface area contributed by atoms with Crippen LogP contribution in [0.4, 0.5) is 0 Å². The smallest absolute Gasteiger partial charge is 0.113 e. The topological polar surface area (TPSA) is 63.0 Å². The average Bonchev–Trinajstić information content (AvgIpc) is 1.69. The number of hydrogen-bond donors (Lipinski definition) is 0. The monoisotopic (exact) mass is 326 g/mol. The molecular weight excluding hydrogens is 315 g/mol. The number of rotatable bonds is 0. The zero-order valence-corrected chi connectivity index (χ0v) is 11.2. The van der Waals surface area contributed by atoms with E-state index in [0.29, 0.717) is 0 Å². The van der Waals surface area contributed by atoms with Crippen molar-refractivity contribution in [1.29, 1.82) is 0 Å². The molecule has 10 heavy (non-hydrogen) atoms. The summed E-state index contributed by atoms with van der Waals surface area (Å²) in [6, 6.07) is 9.49. The molecule has 1 rings (SSSR count). The van der Waals surface area contributed by atoms with Crippen LogP contribution in [0.15, 0.2) is 30.3 Å². The van der Waals surface area contributed by atoms with Crippen molar-refractivity contribution in [2.24, 2.45) is 0 Å². The van der Waals surface area contributed by atoms with Gasteiger partial charge < -0.3 is 11.0 Å². The van der Waals surface area contributed by atoms with E-state index in [2.05, 4.69) is 0 Å². The van der Waals surface area contributed by atoms with E-state index in [4.69, 9.17) is 7.85 Å². The Labute approximate surface area is 82.2 Å². The molecule has 0 heterocycles. The molecule has 50 valence electrons. The summed E-state index contributed by atoms with van der Waals surface area (Å²) in [5.74, 6) is 0. The van der Waals surface area contributed by atoms with Crippen molar-refractivity contribution in [2.45, 2.75) is 0 Å². The van der Waals surface area contributed by atoms with E-state index in [-0.39, 0.29) is 38.6 Å². The molecule has 4 N–H and O–H groups in total. The van der Waals surface area contributed by atoms with Gasteiger partial charge in [-0.15, -0.1) is 0 Å². The summed E-state index contributed by atoms with van der Waals surface area (Å²) in [5.41, 5.74) is 0.822. The molecule has 0 bridgehead atoms. The van der Waals surface area contributed by atoms with Gasteiger partial charge in [0.1, 0.15) is 7.85 Å². The second kappa shape index (κ2) is 9.14. The molecule has 0 aliphatic rings. The largest absolute Gasteiger partial charge is 0.412 e. The molecule has 0 saturated heterocycles. The fourth-order valence-corrected chi connectivity index (χ4v) is 0.453. The van der Waals surface area contributed by atoms with Crippen LogP contribution in [0.25, 0.3) is 0 Å². The first-order valence-corrected chi connectivity index (χ1v) is 2.20. The van der Waals surface area contributed by atoms with Crippen LogP contribution in [-0.4, -0.2) is 18.8 Å². The van der Waals surface area contributed by atoms with Crippen LogP contribution in [0.2, 0.25) is 0 Å². The Morgan fingerprint density at radius 1 is 0.900 bits per heavy atom. The number of hydrogen-bond acceptors (Lipinski definition) is 0. The predicted molar refractivity (Wildman–Crippen MR) is 39.1 cm³/mol. The van der Waals surface area contributed by atoms with Crippen molar-refractivity contribution in [3.05, 3.63) is 30.3 Å². The van der Waals surface area contributed by atoms with Crippen LogP contribution in [0, 0.1) is 0 Å². The first-order chi connectivity index (χ1) is 3.39. The molecule has 0 aliphatic heterocycles. The summed E-state index contributed by atoms with van der Waals surface area (Å²) in [4.78, 5) is 0. The zero-order chi connectivity index (χ0) is 5.11. The van der Waals surface area contributed by atoms with Gasteiger partial charge in [0.15, 0.2) is 0 Å². The molecule has 0 aromatic heterocycles. The maximum atomic E-state index is 5.36. The third-order valence-electron chi connectivity index (χ3n) is 0.800. The summed E-state index contributed by atoms with van der Waals surface area (Å²) in [6.07, 6.45) is 0. The minimum absolute atomic E-state index is 0. The van der Waals surface area contributed by atoms with E-state index in [1.54, 1.807) is 0 Å². The Balaban J connectivity index is -0.000000163. The van der Waals surface area contributed by atoms with Crippen LogP contribution >= 0.6 is 0 Å². The molecule has 0 unspecified atom stereocenters. The molecule has 0 saturated carbocycles. The molecule has 2 radical (unpaired) electrons. The molecule has 1 aromatic rings. The van der Waals surface area contributed by atoms with Gasteiger partial charge in [0.25, 0.3) is 0 Å². The fourth-order valence-electron chi connectivity index (χ4n) is 0.453. The van der Waals surface area contributed by atoms with E-state index < -0.39 is 0 Å². The second-order valence-electron chi connectivity index (χ2n) is 1.41. The summed E-state index contributed by atoms with van der Waals surface area (Å²) in [6.45, 7) is 0. The normalized spacial score (nSPS) is 6.00. The first kappa shape index (κ1) is 16.6. The average molecular weight is 325 g/mol. The van der Waals surface area contributed by atoms with Gasteiger partial charge >= 0.3 is 0 Å². The maximum Gasteiger partial charge on any atom is 0.113 e. The van der Waals surface area contributed by atoms with Crippen LogP contribution in [0.1, 0.15) is 0 Å². The van der Waals surface area contributed by atoms with Crippen LogP contribution in [0.5, 0.6) is 0 Å². The van der Waals surface area contributed by atoms with Crippen LogP contribution < -0.4 is 5.46 Å². The molecule has 4 heteroatoms. The Hall–Kier alpha value is 0.140. The van der Waals surface area contributed by atoms with Crippen molar-refractivity contribution in [3.8, 4) is 0 Å². The molecule has 0 aliphatic carbocycles. The second-order valence-corrected chi connectivity index (χ2v) is 1.41. The molecule has 2 nitrogen and oxygen atoms in total. The molecule has 0 fully saturated rings. The summed E-state index contributed by atoms with van der Waals surface area (Å²) >= 11 is 0. The van der Waals surface area contributed by atoms with Crippen molar-refractivity contribution in [2.75, 3.05) is 0 Å². The minimum Gasteiger partial charge on any atom is -0.412 e. The van der Waals surface area contributed by atoms with Crippen molar-refractivity contribution < 1.29 is 38.6 Å². The van der Waals surface area contributed by atoms with Gasteiger partial charge in [-0.1, -0.05) is 35.8 Å². The van der Waals surface area contributed by atoms with Gasteiger partial charge in [-0.05, 0) is 0 Å².